The highest BCUT2D eigenvalue weighted by Crippen LogP contribution is 2.61. The zero-order valence-electron chi connectivity index (χ0n) is 10.6. The fourth-order valence-corrected chi connectivity index (χ4v) is 4.19. The third kappa shape index (κ3) is 1.55. The van der Waals surface area contributed by atoms with Gasteiger partial charge in [0.2, 0.25) is 0 Å². The average molecular weight is 222 g/mol. The summed E-state index contributed by atoms with van der Waals surface area (Å²) in [6.07, 6.45) is 5.54. The average Bonchev–Trinajstić information content (AvgIpc) is 2.28. The summed E-state index contributed by atoms with van der Waals surface area (Å²) in [5.74, 6) is 0.796. The first-order chi connectivity index (χ1) is 7.45. The number of allylic oxidation sites excluding steroid dienone is 1. The molecular formula is C14H22O2. The Morgan fingerprint density at radius 1 is 1.56 bits per heavy atom. The van der Waals surface area contributed by atoms with Crippen LogP contribution in [0, 0.1) is 16.7 Å². The molecule has 0 N–H and O–H groups in total. The van der Waals surface area contributed by atoms with E-state index in [4.69, 9.17) is 4.74 Å². The third-order valence-electron chi connectivity index (χ3n) is 4.58. The molecule has 0 amide bonds. The molecule has 2 bridgehead atoms. The van der Waals surface area contributed by atoms with Crippen molar-refractivity contribution in [2.45, 2.75) is 45.6 Å². The second-order valence-corrected chi connectivity index (χ2v) is 6.20. The molecule has 0 aromatic heterocycles. The van der Waals surface area contributed by atoms with Crippen LogP contribution in [0.2, 0.25) is 0 Å². The molecule has 2 fully saturated rings. The molecule has 2 heteroatoms. The van der Waals surface area contributed by atoms with Crippen LogP contribution >= 0.6 is 0 Å². The van der Waals surface area contributed by atoms with Crippen molar-refractivity contribution in [2.75, 3.05) is 7.11 Å². The van der Waals surface area contributed by atoms with Crippen LogP contribution in [-0.4, -0.2) is 19.0 Å². The Balaban J connectivity index is 2.40. The molecule has 0 aromatic carbocycles. The van der Waals surface area contributed by atoms with Crippen LogP contribution in [0.5, 0.6) is 0 Å². The summed E-state index contributed by atoms with van der Waals surface area (Å²) >= 11 is 0. The van der Waals surface area contributed by atoms with E-state index in [9.17, 15) is 4.79 Å². The Bertz CT molecular complexity index is 319. The molecule has 0 heterocycles. The Labute approximate surface area is 98.1 Å². The van der Waals surface area contributed by atoms with E-state index in [0.717, 1.165) is 12.8 Å². The summed E-state index contributed by atoms with van der Waals surface area (Å²) in [4.78, 5) is 11.9. The molecule has 2 rings (SSSR count). The first kappa shape index (κ1) is 11.8. The minimum absolute atomic E-state index is 0.0278. The van der Waals surface area contributed by atoms with Crippen LogP contribution in [0.1, 0.15) is 39.5 Å². The van der Waals surface area contributed by atoms with E-state index in [1.165, 1.54) is 0 Å². The normalized spacial score (nSPS) is 41.1. The quantitative estimate of drug-likeness (QED) is 0.686. The number of ether oxygens (including phenoxy) is 1. The van der Waals surface area contributed by atoms with Gasteiger partial charge in [-0.1, -0.05) is 19.9 Å². The van der Waals surface area contributed by atoms with E-state index in [1.54, 1.807) is 7.11 Å². The van der Waals surface area contributed by atoms with Gasteiger partial charge in [0.25, 0.3) is 0 Å². The molecule has 90 valence electrons. The van der Waals surface area contributed by atoms with Crippen LogP contribution in [0.3, 0.4) is 0 Å². The molecule has 0 aromatic rings. The topological polar surface area (TPSA) is 26.3 Å². The number of hydrogen-bond donors (Lipinski definition) is 0. The van der Waals surface area contributed by atoms with Crippen LogP contribution in [0.25, 0.3) is 0 Å². The van der Waals surface area contributed by atoms with Crippen LogP contribution in [0.4, 0.5) is 0 Å². The number of hydrogen-bond acceptors (Lipinski definition) is 2. The SMILES string of the molecule is C=CC[C@@]12CC(=O)C[C@@H]([C@@H]1OC)C(C)(C)C2. The van der Waals surface area contributed by atoms with Crippen molar-refractivity contribution < 1.29 is 9.53 Å². The smallest absolute Gasteiger partial charge is 0.133 e. The fourth-order valence-electron chi connectivity index (χ4n) is 4.19. The highest BCUT2D eigenvalue weighted by molar-refractivity contribution is 5.81. The summed E-state index contributed by atoms with van der Waals surface area (Å²) in [7, 11) is 1.78. The monoisotopic (exact) mass is 222 g/mol. The summed E-state index contributed by atoms with van der Waals surface area (Å²) < 4.78 is 5.72. The second-order valence-electron chi connectivity index (χ2n) is 6.20. The van der Waals surface area contributed by atoms with E-state index >= 15 is 0 Å². The lowest BCUT2D eigenvalue weighted by atomic mass is 9.70. The zero-order valence-corrected chi connectivity index (χ0v) is 10.6. The Kier molecular flexibility index (Phi) is 2.73. The van der Waals surface area contributed by atoms with Gasteiger partial charge >= 0.3 is 0 Å². The third-order valence-corrected chi connectivity index (χ3v) is 4.58. The summed E-state index contributed by atoms with van der Waals surface area (Å²) in [5.41, 5.74) is 0.246. The van der Waals surface area contributed by atoms with Crippen molar-refractivity contribution in [3.63, 3.8) is 0 Å². The van der Waals surface area contributed by atoms with E-state index in [1.807, 2.05) is 6.08 Å². The molecular weight excluding hydrogens is 200 g/mol. The van der Waals surface area contributed by atoms with Crippen molar-refractivity contribution in [3.05, 3.63) is 12.7 Å². The number of Topliss-reactive ketones (excluding diaryl/α,β-unsaturated/α-hetero) is 1. The first-order valence-electron chi connectivity index (χ1n) is 6.10. The van der Waals surface area contributed by atoms with Crippen molar-refractivity contribution in [1.29, 1.82) is 0 Å². The van der Waals surface area contributed by atoms with Gasteiger partial charge in [-0.3, -0.25) is 4.79 Å². The Morgan fingerprint density at radius 3 is 2.81 bits per heavy atom. The standard InChI is InChI=1S/C14H22O2/c1-5-6-14-8-10(15)7-11(12(14)16-4)13(2,3)9-14/h5,11-12H,1,6-9H2,2-4H3/t11-,12-,14-/m0/s1. The minimum atomic E-state index is 0.0278. The molecule has 0 unspecified atom stereocenters. The molecule has 0 saturated heterocycles. The number of fused-ring (bicyclic) bond motifs is 2. The van der Waals surface area contributed by atoms with Crippen LogP contribution in [0.15, 0.2) is 12.7 Å². The number of carbonyl (C=O) groups excluding carboxylic acids is 1. The molecule has 2 aliphatic rings. The van der Waals surface area contributed by atoms with Crippen LogP contribution in [-0.2, 0) is 9.53 Å². The lowest BCUT2D eigenvalue weighted by Gasteiger charge is -2.39. The van der Waals surface area contributed by atoms with Crippen LogP contribution < -0.4 is 0 Å². The number of methoxy groups -OCH3 is 1. The van der Waals surface area contributed by atoms with Gasteiger partial charge in [-0.15, -0.1) is 6.58 Å². The van der Waals surface area contributed by atoms with Crippen molar-refractivity contribution >= 4 is 5.78 Å². The molecule has 0 aliphatic heterocycles. The summed E-state index contributed by atoms with van der Waals surface area (Å²) in [6, 6.07) is 0. The molecule has 2 nitrogen and oxygen atoms in total. The predicted molar refractivity (Wildman–Crippen MR) is 64.2 cm³/mol. The molecule has 16 heavy (non-hydrogen) atoms. The number of rotatable bonds is 3. The van der Waals surface area contributed by atoms with Gasteiger partial charge in [0.15, 0.2) is 0 Å². The number of carbonyl (C=O) groups is 1. The van der Waals surface area contributed by atoms with Gasteiger partial charge in [-0.2, -0.15) is 0 Å². The van der Waals surface area contributed by atoms with Gasteiger partial charge in [0, 0.05) is 25.4 Å². The van der Waals surface area contributed by atoms with E-state index in [-0.39, 0.29) is 16.9 Å². The summed E-state index contributed by atoms with van der Waals surface area (Å²) in [5, 5.41) is 0. The van der Waals surface area contributed by atoms with Crippen molar-refractivity contribution in [2.24, 2.45) is 16.7 Å². The van der Waals surface area contributed by atoms with E-state index < -0.39 is 0 Å². The second kappa shape index (κ2) is 3.69. The predicted octanol–water partition coefficient (Wildman–Crippen LogP) is 2.97. The Morgan fingerprint density at radius 2 is 2.25 bits per heavy atom. The first-order valence-corrected chi connectivity index (χ1v) is 6.10. The fraction of sp³-hybridized carbons (Fsp3) is 0.786. The van der Waals surface area contributed by atoms with Gasteiger partial charge in [0.1, 0.15) is 5.78 Å². The van der Waals surface area contributed by atoms with Crippen molar-refractivity contribution in [3.8, 4) is 0 Å². The molecule has 0 spiro atoms. The number of ketones is 1. The summed E-state index contributed by atoms with van der Waals surface area (Å²) in [6.45, 7) is 8.38. The van der Waals surface area contributed by atoms with E-state index in [0.29, 0.717) is 24.5 Å². The maximum atomic E-state index is 11.9. The van der Waals surface area contributed by atoms with Gasteiger partial charge in [-0.25, -0.2) is 0 Å². The molecule has 2 saturated carbocycles. The van der Waals surface area contributed by atoms with Gasteiger partial charge in [-0.05, 0) is 24.2 Å². The maximum Gasteiger partial charge on any atom is 0.133 e. The zero-order chi connectivity index (χ0) is 12.0. The van der Waals surface area contributed by atoms with E-state index in [2.05, 4.69) is 20.4 Å². The lowest BCUT2D eigenvalue weighted by Crippen LogP contribution is -2.42. The Hall–Kier alpha value is -0.630. The van der Waals surface area contributed by atoms with Gasteiger partial charge < -0.3 is 4.74 Å². The van der Waals surface area contributed by atoms with Crippen molar-refractivity contribution in [1.82, 2.24) is 0 Å². The minimum Gasteiger partial charge on any atom is -0.381 e. The maximum absolute atomic E-state index is 11.9. The van der Waals surface area contributed by atoms with Gasteiger partial charge in [0.05, 0.1) is 6.10 Å². The largest absolute Gasteiger partial charge is 0.381 e. The molecule has 2 aliphatic carbocycles. The highest BCUT2D eigenvalue weighted by atomic mass is 16.5. The molecule has 3 atom stereocenters. The highest BCUT2D eigenvalue weighted by Gasteiger charge is 2.60. The lowest BCUT2D eigenvalue weighted by molar-refractivity contribution is -0.132. The molecule has 0 radical (unpaired) electrons.